The van der Waals surface area contributed by atoms with Crippen molar-refractivity contribution in [2.45, 2.75) is 25.7 Å². The normalized spacial score (nSPS) is 12.9. The molecule has 24 heavy (non-hydrogen) atoms. The number of carbonyl (C=O) groups excluding carboxylic acids is 2. The van der Waals surface area contributed by atoms with Crippen LogP contribution >= 0.6 is 0 Å². The quantitative estimate of drug-likeness (QED) is 0.668. The number of benzene rings is 2. The zero-order valence-electron chi connectivity index (χ0n) is 14.2. The number of hydrogen-bond donors (Lipinski definition) is 0. The largest absolute Gasteiger partial charge is 0.294 e. The van der Waals surface area contributed by atoms with Crippen molar-refractivity contribution in [1.82, 2.24) is 0 Å². The van der Waals surface area contributed by atoms with Crippen LogP contribution in [0.2, 0.25) is 0 Å². The maximum Gasteiger partial charge on any atom is 0.162 e. The molecule has 0 N–H and O–H groups in total. The molecular weight excluding hydrogens is 296 g/mol. The number of hydrogen-bond acceptors (Lipinski definition) is 2. The Morgan fingerprint density at radius 3 is 1.25 bits per heavy atom. The molecule has 2 rings (SSSR count). The van der Waals surface area contributed by atoms with Gasteiger partial charge in [-0.15, -0.1) is 0 Å². The second kappa shape index (κ2) is 7.69. The van der Waals surface area contributed by atoms with Crippen LogP contribution in [0, 0.1) is 0 Å². The molecule has 2 nitrogen and oxygen atoms in total. The Hall–Kier alpha value is -2.74. The molecule has 0 saturated carbocycles. The number of allylic oxidation sites excluding steroid dienone is 2. The second-order valence-corrected chi connectivity index (χ2v) is 5.90. The predicted molar refractivity (Wildman–Crippen MR) is 99.1 cm³/mol. The van der Waals surface area contributed by atoms with E-state index < -0.39 is 0 Å². The van der Waals surface area contributed by atoms with E-state index in [1.807, 2.05) is 62.4 Å². The van der Waals surface area contributed by atoms with Gasteiger partial charge in [0.1, 0.15) is 0 Å². The molecule has 2 aromatic rings. The molecule has 2 unspecified atom stereocenters. The van der Waals surface area contributed by atoms with Crippen LogP contribution < -0.4 is 0 Å². The van der Waals surface area contributed by atoms with Gasteiger partial charge in [0.2, 0.25) is 0 Å². The van der Waals surface area contributed by atoms with Gasteiger partial charge in [-0.3, -0.25) is 9.59 Å². The standard InChI is InChI=1S/C22H22O2/c1-5-21(23)15(3)17-7-11-19(12-8-17)20-13-9-18(10-14-20)16(4)22(24)6-2/h5-16H,1-2H2,3-4H3. The van der Waals surface area contributed by atoms with E-state index in [1.165, 1.54) is 12.2 Å². The second-order valence-electron chi connectivity index (χ2n) is 5.90. The van der Waals surface area contributed by atoms with E-state index in [4.69, 9.17) is 0 Å². The summed E-state index contributed by atoms with van der Waals surface area (Å²) in [6, 6.07) is 15.9. The third-order valence-corrected chi connectivity index (χ3v) is 4.41. The van der Waals surface area contributed by atoms with E-state index >= 15 is 0 Å². The predicted octanol–water partition coefficient (Wildman–Crippen LogP) is 5.07. The molecule has 0 aliphatic carbocycles. The molecule has 0 fully saturated rings. The van der Waals surface area contributed by atoms with Crippen molar-refractivity contribution in [2.75, 3.05) is 0 Å². The first-order valence-corrected chi connectivity index (χ1v) is 8.00. The lowest BCUT2D eigenvalue weighted by Crippen LogP contribution is -2.05. The first kappa shape index (κ1) is 17.6. The summed E-state index contributed by atoms with van der Waals surface area (Å²) in [6.07, 6.45) is 2.73. The molecule has 0 aliphatic rings. The van der Waals surface area contributed by atoms with Gasteiger partial charge in [-0.1, -0.05) is 75.5 Å². The molecule has 0 aliphatic heterocycles. The van der Waals surface area contributed by atoms with Gasteiger partial charge in [-0.25, -0.2) is 0 Å². The molecule has 0 aromatic heterocycles. The van der Waals surface area contributed by atoms with Gasteiger partial charge in [-0.05, 0) is 34.4 Å². The van der Waals surface area contributed by atoms with Crippen molar-refractivity contribution >= 4 is 11.6 Å². The van der Waals surface area contributed by atoms with Gasteiger partial charge >= 0.3 is 0 Å². The van der Waals surface area contributed by atoms with Crippen LogP contribution in [0.15, 0.2) is 73.8 Å². The van der Waals surface area contributed by atoms with E-state index in [0.717, 1.165) is 22.3 Å². The maximum atomic E-state index is 11.7. The fraction of sp³-hybridized carbons (Fsp3) is 0.182. The third kappa shape index (κ3) is 3.77. The fourth-order valence-electron chi connectivity index (χ4n) is 2.61. The van der Waals surface area contributed by atoms with Gasteiger partial charge in [0.15, 0.2) is 11.6 Å². The highest BCUT2D eigenvalue weighted by Crippen LogP contribution is 2.25. The van der Waals surface area contributed by atoms with E-state index in [1.54, 1.807) is 0 Å². The van der Waals surface area contributed by atoms with Crippen molar-refractivity contribution in [1.29, 1.82) is 0 Å². The molecule has 0 spiro atoms. The van der Waals surface area contributed by atoms with Gasteiger partial charge < -0.3 is 0 Å². The Kier molecular flexibility index (Phi) is 5.64. The number of ketones is 2. The van der Waals surface area contributed by atoms with Gasteiger partial charge in [0.05, 0.1) is 0 Å². The van der Waals surface area contributed by atoms with Crippen molar-refractivity contribution in [3.63, 3.8) is 0 Å². The summed E-state index contributed by atoms with van der Waals surface area (Å²) in [7, 11) is 0. The van der Waals surface area contributed by atoms with E-state index in [9.17, 15) is 9.59 Å². The summed E-state index contributed by atoms with van der Waals surface area (Å²) >= 11 is 0. The third-order valence-electron chi connectivity index (χ3n) is 4.41. The zero-order valence-corrected chi connectivity index (χ0v) is 14.2. The summed E-state index contributed by atoms with van der Waals surface area (Å²) < 4.78 is 0. The smallest absolute Gasteiger partial charge is 0.162 e. The maximum absolute atomic E-state index is 11.7. The number of rotatable bonds is 7. The summed E-state index contributed by atoms with van der Waals surface area (Å²) in [5.41, 5.74) is 4.11. The van der Waals surface area contributed by atoms with E-state index in [0.29, 0.717) is 0 Å². The average Bonchev–Trinajstić information content (AvgIpc) is 2.65. The monoisotopic (exact) mass is 318 g/mol. The van der Waals surface area contributed by atoms with Crippen molar-refractivity contribution in [2.24, 2.45) is 0 Å². The first-order valence-electron chi connectivity index (χ1n) is 8.00. The minimum Gasteiger partial charge on any atom is -0.294 e. The molecule has 2 aromatic carbocycles. The highest BCUT2D eigenvalue weighted by atomic mass is 16.1. The van der Waals surface area contributed by atoms with Gasteiger partial charge in [0.25, 0.3) is 0 Å². The van der Waals surface area contributed by atoms with Crippen LogP contribution in [-0.4, -0.2) is 11.6 Å². The minimum absolute atomic E-state index is 0.0213. The molecule has 2 atom stereocenters. The average molecular weight is 318 g/mol. The first-order chi connectivity index (χ1) is 11.5. The lowest BCUT2D eigenvalue weighted by molar-refractivity contribution is -0.116. The zero-order chi connectivity index (χ0) is 17.7. The molecule has 0 amide bonds. The summed E-state index contributed by atoms with van der Waals surface area (Å²) in [5.74, 6) is -0.310. The molecule has 122 valence electrons. The van der Waals surface area contributed by atoms with Crippen LogP contribution in [0.4, 0.5) is 0 Å². The lowest BCUT2D eigenvalue weighted by Gasteiger charge is -2.11. The Morgan fingerprint density at radius 2 is 1.00 bits per heavy atom. The summed E-state index contributed by atoms with van der Waals surface area (Å²) in [4.78, 5) is 23.4. The molecule has 0 radical (unpaired) electrons. The van der Waals surface area contributed by atoms with E-state index in [2.05, 4.69) is 13.2 Å². The molecule has 0 saturated heterocycles. The van der Waals surface area contributed by atoms with Crippen LogP contribution in [0.5, 0.6) is 0 Å². The number of carbonyl (C=O) groups is 2. The van der Waals surface area contributed by atoms with E-state index in [-0.39, 0.29) is 23.4 Å². The summed E-state index contributed by atoms with van der Waals surface area (Å²) in [5, 5.41) is 0. The van der Waals surface area contributed by atoms with Gasteiger partial charge in [-0.2, -0.15) is 0 Å². The Labute approximate surface area is 143 Å². The highest BCUT2D eigenvalue weighted by Gasteiger charge is 2.13. The van der Waals surface area contributed by atoms with Crippen LogP contribution in [0.25, 0.3) is 11.1 Å². The van der Waals surface area contributed by atoms with Crippen molar-refractivity contribution < 1.29 is 9.59 Å². The van der Waals surface area contributed by atoms with Crippen LogP contribution in [0.3, 0.4) is 0 Å². The topological polar surface area (TPSA) is 34.1 Å². The molecule has 0 heterocycles. The lowest BCUT2D eigenvalue weighted by atomic mass is 9.92. The van der Waals surface area contributed by atoms with Gasteiger partial charge in [0, 0.05) is 11.8 Å². The summed E-state index contributed by atoms with van der Waals surface area (Å²) in [6.45, 7) is 10.8. The molecular formula is C22H22O2. The Morgan fingerprint density at radius 1 is 0.708 bits per heavy atom. The van der Waals surface area contributed by atoms with Crippen LogP contribution in [0.1, 0.15) is 36.8 Å². The molecule has 2 heteroatoms. The molecule has 0 bridgehead atoms. The van der Waals surface area contributed by atoms with Crippen molar-refractivity contribution in [3.05, 3.63) is 85.0 Å². The fourth-order valence-corrected chi connectivity index (χ4v) is 2.61. The Balaban J connectivity index is 2.20. The Bertz CT molecular complexity index is 684. The SMILES string of the molecule is C=CC(=O)C(C)c1ccc(-c2ccc(C(C)C(=O)C=C)cc2)cc1. The minimum atomic E-state index is -0.176. The van der Waals surface area contributed by atoms with Crippen LogP contribution in [-0.2, 0) is 9.59 Å². The highest BCUT2D eigenvalue weighted by molar-refractivity contribution is 5.95. The van der Waals surface area contributed by atoms with Crippen molar-refractivity contribution in [3.8, 4) is 11.1 Å².